The van der Waals surface area contributed by atoms with Gasteiger partial charge in [0.25, 0.3) is 5.56 Å². The van der Waals surface area contributed by atoms with Gasteiger partial charge in [-0.15, -0.1) is 11.3 Å². The molecule has 3 N–H and O–H groups in total. The first-order valence-electron chi connectivity index (χ1n) is 5.90. The van der Waals surface area contributed by atoms with Crippen molar-refractivity contribution in [2.45, 2.75) is 0 Å². The molecular weight excluding hydrogens is 293 g/mol. The topological polar surface area (TPSA) is 88.9 Å². The molecule has 0 radical (unpaired) electrons. The van der Waals surface area contributed by atoms with Crippen LogP contribution in [0.1, 0.15) is 5.56 Å². The standard InChI is InChI=1S/C14H8FN3O2S/c15-8-3-1-2-4-9(8)17-14-7(6-16)12-13(21-14)10(19)5-11(20)18-12/h1-5,17H,(H2,18,19,20). The average molecular weight is 301 g/mol. The summed E-state index contributed by atoms with van der Waals surface area (Å²) in [6, 6.07) is 9.03. The van der Waals surface area contributed by atoms with Gasteiger partial charge < -0.3 is 15.4 Å². The lowest BCUT2D eigenvalue weighted by molar-refractivity contribution is 0.481. The Labute approximate surface area is 121 Å². The lowest BCUT2D eigenvalue weighted by Crippen LogP contribution is -2.02. The van der Waals surface area contributed by atoms with E-state index in [1.54, 1.807) is 12.1 Å². The Kier molecular flexibility index (Phi) is 3.08. The van der Waals surface area contributed by atoms with Crippen LogP contribution in [0.2, 0.25) is 0 Å². The van der Waals surface area contributed by atoms with Gasteiger partial charge in [-0.05, 0) is 12.1 Å². The summed E-state index contributed by atoms with van der Waals surface area (Å²) in [5.74, 6) is -0.673. The molecular formula is C14H8FN3O2S. The molecule has 1 aromatic carbocycles. The number of aromatic nitrogens is 1. The first-order valence-corrected chi connectivity index (χ1v) is 6.72. The van der Waals surface area contributed by atoms with Crippen LogP contribution in [-0.4, -0.2) is 10.1 Å². The molecule has 0 aliphatic carbocycles. The number of nitrogens with one attached hydrogen (secondary N) is 2. The van der Waals surface area contributed by atoms with Crippen molar-refractivity contribution in [2.75, 3.05) is 5.32 Å². The van der Waals surface area contributed by atoms with Crippen molar-refractivity contribution < 1.29 is 9.50 Å². The molecule has 5 nitrogen and oxygen atoms in total. The number of anilines is 2. The Balaban J connectivity index is 2.20. The highest BCUT2D eigenvalue weighted by Crippen LogP contribution is 2.39. The molecule has 0 aliphatic rings. The van der Waals surface area contributed by atoms with Gasteiger partial charge in [0.2, 0.25) is 0 Å². The number of para-hydroxylation sites is 1. The molecule has 0 saturated carbocycles. The van der Waals surface area contributed by atoms with Crippen LogP contribution in [-0.2, 0) is 0 Å². The monoisotopic (exact) mass is 301 g/mol. The van der Waals surface area contributed by atoms with Crippen LogP contribution in [0.5, 0.6) is 5.75 Å². The number of aromatic hydroxyl groups is 1. The van der Waals surface area contributed by atoms with Crippen LogP contribution < -0.4 is 10.9 Å². The Morgan fingerprint density at radius 1 is 1.38 bits per heavy atom. The minimum atomic E-state index is -0.508. The summed E-state index contributed by atoms with van der Waals surface area (Å²) in [6.45, 7) is 0. The van der Waals surface area contributed by atoms with E-state index in [0.29, 0.717) is 9.70 Å². The van der Waals surface area contributed by atoms with E-state index in [-0.39, 0.29) is 22.5 Å². The van der Waals surface area contributed by atoms with E-state index in [9.17, 15) is 19.6 Å². The molecule has 2 aromatic heterocycles. The third kappa shape index (κ3) is 2.22. The lowest BCUT2D eigenvalue weighted by atomic mass is 10.2. The molecule has 104 valence electrons. The second kappa shape index (κ2) is 4.92. The number of benzene rings is 1. The van der Waals surface area contributed by atoms with Gasteiger partial charge in [0, 0.05) is 6.07 Å². The van der Waals surface area contributed by atoms with Crippen molar-refractivity contribution in [2.24, 2.45) is 0 Å². The Morgan fingerprint density at radius 3 is 2.86 bits per heavy atom. The highest BCUT2D eigenvalue weighted by molar-refractivity contribution is 7.23. The van der Waals surface area contributed by atoms with Crippen LogP contribution >= 0.6 is 11.3 Å². The number of nitriles is 1. The summed E-state index contributed by atoms with van der Waals surface area (Å²) in [5, 5.41) is 22.2. The van der Waals surface area contributed by atoms with E-state index >= 15 is 0 Å². The zero-order valence-corrected chi connectivity index (χ0v) is 11.3. The minimum Gasteiger partial charge on any atom is -0.506 e. The first-order chi connectivity index (χ1) is 10.1. The number of halogens is 1. The molecule has 7 heteroatoms. The maximum atomic E-state index is 13.7. The van der Waals surface area contributed by atoms with Crippen LogP contribution in [0.3, 0.4) is 0 Å². The molecule has 0 aliphatic heterocycles. The fourth-order valence-electron chi connectivity index (χ4n) is 1.96. The summed E-state index contributed by atoms with van der Waals surface area (Å²) in [7, 11) is 0. The van der Waals surface area contributed by atoms with Gasteiger partial charge in [-0.25, -0.2) is 4.39 Å². The van der Waals surface area contributed by atoms with Gasteiger partial charge in [0.1, 0.15) is 28.2 Å². The normalized spacial score (nSPS) is 10.5. The molecule has 0 bridgehead atoms. The van der Waals surface area contributed by atoms with Crippen LogP contribution in [0, 0.1) is 17.1 Å². The number of rotatable bonds is 2. The van der Waals surface area contributed by atoms with E-state index in [0.717, 1.165) is 17.4 Å². The zero-order chi connectivity index (χ0) is 15.0. The van der Waals surface area contributed by atoms with Crippen molar-refractivity contribution >= 4 is 32.2 Å². The van der Waals surface area contributed by atoms with Crippen LogP contribution in [0.4, 0.5) is 15.1 Å². The molecule has 0 unspecified atom stereocenters. The van der Waals surface area contributed by atoms with Gasteiger partial charge in [-0.1, -0.05) is 12.1 Å². The number of pyridine rings is 1. The number of H-pyrrole nitrogens is 1. The largest absolute Gasteiger partial charge is 0.506 e. The predicted molar refractivity (Wildman–Crippen MR) is 78.5 cm³/mol. The quantitative estimate of drug-likeness (QED) is 0.678. The summed E-state index contributed by atoms with van der Waals surface area (Å²) in [5.41, 5.74) is 0.103. The second-order valence-corrected chi connectivity index (χ2v) is 5.27. The van der Waals surface area contributed by atoms with Gasteiger partial charge >= 0.3 is 0 Å². The van der Waals surface area contributed by atoms with E-state index in [4.69, 9.17) is 0 Å². The molecule has 0 saturated heterocycles. The molecule has 3 aromatic rings. The number of thiophene rings is 1. The Bertz CT molecular complexity index is 940. The summed E-state index contributed by atoms with van der Waals surface area (Å²) in [6.07, 6.45) is 0. The molecule has 0 amide bonds. The van der Waals surface area contributed by atoms with E-state index in [1.165, 1.54) is 12.1 Å². The third-order valence-electron chi connectivity index (χ3n) is 2.89. The maximum Gasteiger partial charge on any atom is 0.252 e. The second-order valence-electron chi connectivity index (χ2n) is 4.25. The molecule has 0 fully saturated rings. The van der Waals surface area contributed by atoms with Crippen LogP contribution in [0.25, 0.3) is 10.2 Å². The van der Waals surface area contributed by atoms with Gasteiger partial charge in [0.05, 0.1) is 15.9 Å². The van der Waals surface area contributed by atoms with E-state index < -0.39 is 11.4 Å². The average Bonchev–Trinajstić information content (AvgIpc) is 2.79. The highest BCUT2D eigenvalue weighted by atomic mass is 32.1. The van der Waals surface area contributed by atoms with Crippen LogP contribution in [0.15, 0.2) is 35.1 Å². The molecule has 2 heterocycles. The molecule has 0 spiro atoms. The summed E-state index contributed by atoms with van der Waals surface area (Å²) in [4.78, 5) is 13.9. The van der Waals surface area contributed by atoms with E-state index in [1.807, 2.05) is 6.07 Å². The van der Waals surface area contributed by atoms with Gasteiger partial charge in [0.15, 0.2) is 0 Å². The summed E-state index contributed by atoms with van der Waals surface area (Å²) < 4.78 is 14.0. The lowest BCUT2D eigenvalue weighted by Gasteiger charge is -2.04. The predicted octanol–water partition coefficient (Wildman–Crippen LogP) is 3.05. The molecule has 21 heavy (non-hydrogen) atoms. The highest BCUT2D eigenvalue weighted by Gasteiger charge is 2.17. The zero-order valence-electron chi connectivity index (χ0n) is 10.5. The van der Waals surface area contributed by atoms with Gasteiger partial charge in [-0.3, -0.25) is 4.79 Å². The van der Waals surface area contributed by atoms with Gasteiger partial charge in [-0.2, -0.15) is 5.26 Å². The Morgan fingerprint density at radius 2 is 2.14 bits per heavy atom. The SMILES string of the molecule is N#Cc1c(Nc2ccccc2F)sc2c(O)cc(=O)[nH]c12. The van der Waals surface area contributed by atoms with Crippen molar-refractivity contribution in [3.63, 3.8) is 0 Å². The fourth-order valence-corrected chi connectivity index (χ4v) is 2.99. The molecule has 3 rings (SSSR count). The van der Waals surface area contributed by atoms with E-state index in [2.05, 4.69) is 10.3 Å². The minimum absolute atomic E-state index is 0.159. The number of nitrogens with zero attached hydrogens (tertiary/aromatic N) is 1. The van der Waals surface area contributed by atoms with Crippen molar-refractivity contribution in [1.29, 1.82) is 5.26 Å². The first kappa shape index (κ1) is 13.1. The fraction of sp³-hybridized carbons (Fsp3) is 0. The number of hydrogen-bond donors (Lipinski definition) is 3. The number of hydrogen-bond acceptors (Lipinski definition) is 5. The third-order valence-corrected chi connectivity index (χ3v) is 4.02. The van der Waals surface area contributed by atoms with Crippen molar-refractivity contribution in [3.05, 3.63) is 52.1 Å². The Hall–Kier alpha value is -2.85. The molecule has 0 atom stereocenters. The van der Waals surface area contributed by atoms with Crippen molar-refractivity contribution in [3.8, 4) is 11.8 Å². The smallest absolute Gasteiger partial charge is 0.252 e. The number of aromatic amines is 1. The maximum absolute atomic E-state index is 13.7. The van der Waals surface area contributed by atoms with Crippen molar-refractivity contribution in [1.82, 2.24) is 4.98 Å². The number of fused-ring (bicyclic) bond motifs is 1. The summed E-state index contributed by atoms with van der Waals surface area (Å²) >= 11 is 1.07.